The summed E-state index contributed by atoms with van der Waals surface area (Å²) in [6.45, 7) is 3.94. The van der Waals surface area contributed by atoms with Gasteiger partial charge in [-0.3, -0.25) is 4.40 Å². The molecule has 102 valence electrons. The molecule has 0 atom stereocenters. The third-order valence-corrected chi connectivity index (χ3v) is 4.10. The molecule has 0 amide bonds. The van der Waals surface area contributed by atoms with E-state index in [4.69, 9.17) is 11.6 Å². The monoisotopic (exact) mass is 304 g/mol. The lowest BCUT2D eigenvalue weighted by Gasteiger charge is -2.01. The molecule has 3 aromatic heterocycles. The Labute approximate surface area is 126 Å². The first-order chi connectivity index (χ1) is 9.63. The minimum absolute atomic E-state index is 0.650. The maximum Gasteiger partial charge on any atom is 0.188 e. The van der Waals surface area contributed by atoms with Crippen LogP contribution in [0.15, 0.2) is 35.6 Å². The molecule has 4 nitrogen and oxygen atoms in total. The van der Waals surface area contributed by atoms with Crippen molar-refractivity contribution in [3.05, 3.63) is 52.7 Å². The van der Waals surface area contributed by atoms with Crippen LogP contribution in [0.5, 0.6) is 0 Å². The summed E-state index contributed by atoms with van der Waals surface area (Å²) in [5, 5.41) is 1.41. The number of fused-ring (bicyclic) bond motifs is 1. The molecule has 0 saturated carbocycles. The second kappa shape index (κ2) is 5.42. The Morgan fingerprint density at radius 1 is 1.15 bits per heavy atom. The Balaban J connectivity index is 1.84. The van der Waals surface area contributed by atoms with E-state index in [2.05, 4.69) is 15.0 Å². The van der Waals surface area contributed by atoms with Crippen LogP contribution >= 0.6 is 23.4 Å². The van der Waals surface area contributed by atoms with E-state index in [1.807, 2.05) is 48.7 Å². The van der Waals surface area contributed by atoms with Crippen molar-refractivity contribution in [2.75, 3.05) is 0 Å². The van der Waals surface area contributed by atoms with Gasteiger partial charge in [0.25, 0.3) is 0 Å². The summed E-state index contributed by atoms with van der Waals surface area (Å²) in [4.78, 5) is 13.3. The van der Waals surface area contributed by atoms with Gasteiger partial charge in [0, 0.05) is 23.3 Å². The van der Waals surface area contributed by atoms with Crippen molar-refractivity contribution in [1.82, 2.24) is 19.4 Å². The van der Waals surface area contributed by atoms with Gasteiger partial charge in [-0.1, -0.05) is 29.4 Å². The van der Waals surface area contributed by atoms with E-state index in [1.165, 1.54) is 0 Å². The van der Waals surface area contributed by atoms with Crippen LogP contribution in [0.25, 0.3) is 5.65 Å². The van der Waals surface area contributed by atoms with Crippen LogP contribution in [-0.2, 0) is 5.75 Å². The molecule has 0 radical (unpaired) electrons. The van der Waals surface area contributed by atoms with Crippen LogP contribution < -0.4 is 0 Å². The molecule has 3 rings (SSSR count). The summed E-state index contributed by atoms with van der Waals surface area (Å²) < 4.78 is 1.87. The summed E-state index contributed by atoms with van der Waals surface area (Å²) in [5.41, 5.74) is 3.65. The van der Waals surface area contributed by atoms with Crippen LogP contribution in [0.3, 0.4) is 0 Å². The summed E-state index contributed by atoms with van der Waals surface area (Å²) in [6, 6.07) is 7.78. The van der Waals surface area contributed by atoms with Crippen molar-refractivity contribution in [2.45, 2.75) is 24.8 Å². The van der Waals surface area contributed by atoms with Gasteiger partial charge in [-0.25, -0.2) is 15.0 Å². The van der Waals surface area contributed by atoms with Crippen LogP contribution in [0.4, 0.5) is 0 Å². The quantitative estimate of drug-likeness (QED) is 0.547. The second-order valence-electron chi connectivity index (χ2n) is 4.50. The standard InChI is InChI=1S/C14H13ClN4S/c1-9-7-10(2)17-14(16-9)20-8-11-13(15)19-6-4-3-5-12(19)18-11/h3-7H,8H2,1-2H3. The molecule has 20 heavy (non-hydrogen) atoms. The number of aryl methyl sites for hydroxylation is 2. The van der Waals surface area contributed by atoms with Gasteiger partial charge in [0.15, 0.2) is 5.16 Å². The number of imidazole rings is 1. The SMILES string of the molecule is Cc1cc(C)nc(SCc2nc3ccccn3c2Cl)n1. The van der Waals surface area contributed by atoms with Crippen molar-refractivity contribution in [1.29, 1.82) is 0 Å². The number of hydrogen-bond donors (Lipinski definition) is 0. The fraction of sp³-hybridized carbons (Fsp3) is 0.214. The molecule has 0 aliphatic carbocycles. The molecule has 0 aliphatic rings. The van der Waals surface area contributed by atoms with E-state index in [0.717, 1.165) is 27.9 Å². The van der Waals surface area contributed by atoms with Gasteiger partial charge in [-0.05, 0) is 32.0 Å². The van der Waals surface area contributed by atoms with Crippen LogP contribution in [0, 0.1) is 13.8 Å². The largest absolute Gasteiger partial charge is 0.290 e. The van der Waals surface area contributed by atoms with E-state index in [9.17, 15) is 0 Å². The molecule has 0 saturated heterocycles. The Bertz CT molecular complexity index is 749. The molecule has 0 spiro atoms. The Kier molecular flexibility index (Phi) is 3.63. The fourth-order valence-corrected chi connectivity index (χ4v) is 3.21. The first kappa shape index (κ1) is 13.4. The third-order valence-electron chi connectivity index (χ3n) is 2.84. The summed E-state index contributed by atoms with van der Waals surface area (Å²) in [7, 11) is 0. The van der Waals surface area contributed by atoms with Gasteiger partial charge < -0.3 is 0 Å². The van der Waals surface area contributed by atoms with Gasteiger partial charge in [0.1, 0.15) is 10.8 Å². The Morgan fingerprint density at radius 2 is 1.90 bits per heavy atom. The molecule has 3 heterocycles. The lowest BCUT2D eigenvalue weighted by Crippen LogP contribution is -1.93. The van der Waals surface area contributed by atoms with Crippen molar-refractivity contribution >= 4 is 29.0 Å². The van der Waals surface area contributed by atoms with Crippen molar-refractivity contribution in [3.8, 4) is 0 Å². The van der Waals surface area contributed by atoms with Gasteiger partial charge in [-0.2, -0.15) is 0 Å². The zero-order valence-electron chi connectivity index (χ0n) is 11.2. The Morgan fingerprint density at radius 3 is 2.60 bits per heavy atom. The number of hydrogen-bond acceptors (Lipinski definition) is 4. The minimum Gasteiger partial charge on any atom is -0.290 e. The number of halogens is 1. The molecule has 0 aromatic carbocycles. The van der Waals surface area contributed by atoms with E-state index in [1.54, 1.807) is 11.8 Å². The van der Waals surface area contributed by atoms with Crippen molar-refractivity contribution in [3.63, 3.8) is 0 Å². The number of pyridine rings is 1. The minimum atomic E-state index is 0.650. The van der Waals surface area contributed by atoms with Gasteiger partial charge in [0.05, 0.1) is 5.69 Å². The average molecular weight is 305 g/mol. The normalized spacial score (nSPS) is 11.2. The number of thioether (sulfide) groups is 1. The first-order valence-corrected chi connectivity index (χ1v) is 7.56. The zero-order valence-corrected chi connectivity index (χ0v) is 12.7. The highest BCUT2D eigenvalue weighted by Crippen LogP contribution is 2.25. The van der Waals surface area contributed by atoms with Crippen LogP contribution in [0.1, 0.15) is 17.1 Å². The van der Waals surface area contributed by atoms with Gasteiger partial charge in [0.2, 0.25) is 0 Å². The fourth-order valence-electron chi connectivity index (χ4n) is 2.00. The topological polar surface area (TPSA) is 43.1 Å². The number of nitrogens with zero attached hydrogens (tertiary/aromatic N) is 4. The van der Waals surface area contributed by atoms with E-state index in [0.29, 0.717) is 10.9 Å². The molecule has 0 fully saturated rings. The zero-order chi connectivity index (χ0) is 14.1. The van der Waals surface area contributed by atoms with Crippen LogP contribution in [-0.4, -0.2) is 19.4 Å². The highest BCUT2D eigenvalue weighted by Gasteiger charge is 2.11. The Hall–Kier alpha value is -1.59. The predicted octanol–water partition coefficient (Wildman–Crippen LogP) is 3.69. The summed E-state index contributed by atoms with van der Waals surface area (Å²) >= 11 is 7.88. The molecular formula is C14H13ClN4S. The average Bonchev–Trinajstić information content (AvgIpc) is 2.73. The van der Waals surface area contributed by atoms with E-state index in [-0.39, 0.29) is 0 Å². The van der Waals surface area contributed by atoms with Crippen LogP contribution in [0.2, 0.25) is 5.15 Å². The van der Waals surface area contributed by atoms with E-state index >= 15 is 0 Å². The second-order valence-corrected chi connectivity index (χ2v) is 5.80. The summed E-state index contributed by atoms with van der Waals surface area (Å²) in [5.74, 6) is 0.656. The maximum atomic E-state index is 6.33. The molecule has 3 aromatic rings. The van der Waals surface area contributed by atoms with Gasteiger partial charge >= 0.3 is 0 Å². The number of aromatic nitrogens is 4. The predicted molar refractivity (Wildman–Crippen MR) is 81.3 cm³/mol. The van der Waals surface area contributed by atoms with Gasteiger partial charge in [-0.15, -0.1) is 0 Å². The van der Waals surface area contributed by atoms with Crippen molar-refractivity contribution in [2.24, 2.45) is 0 Å². The highest BCUT2D eigenvalue weighted by atomic mass is 35.5. The third kappa shape index (κ3) is 2.64. The molecule has 0 unspecified atom stereocenters. The lowest BCUT2D eigenvalue weighted by molar-refractivity contribution is 0.901. The number of rotatable bonds is 3. The molecule has 0 N–H and O–H groups in total. The first-order valence-electron chi connectivity index (χ1n) is 6.20. The molecule has 0 bridgehead atoms. The molecule has 6 heteroatoms. The summed E-state index contributed by atoms with van der Waals surface area (Å²) in [6.07, 6.45) is 1.91. The van der Waals surface area contributed by atoms with E-state index < -0.39 is 0 Å². The molecular weight excluding hydrogens is 292 g/mol. The van der Waals surface area contributed by atoms with Crippen molar-refractivity contribution < 1.29 is 0 Å². The molecule has 0 aliphatic heterocycles. The highest BCUT2D eigenvalue weighted by molar-refractivity contribution is 7.98. The smallest absolute Gasteiger partial charge is 0.188 e. The lowest BCUT2D eigenvalue weighted by atomic mass is 10.4. The maximum absolute atomic E-state index is 6.33.